The molecule has 3 heterocycles. The quantitative estimate of drug-likeness (QED) is 0.901. The molecule has 0 saturated carbocycles. The molecule has 2 atom stereocenters. The number of aromatic nitrogens is 1. The standard InChI is InChI=1S/C19H22N2O3/c1-24-17-5-3-2-4-15(17)18-14(11-22)7-16-13-6-12(8-20-9-13)10-21(16)19(18)23/h2-5,7,12-13,20,22H,6,8-11H2,1H3. The molecule has 126 valence electrons. The van der Waals surface area contributed by atoms with Crippen LogP contribution in [0.25, 0.3) is 11.1 Å². The summed E-state index contributed by atoms with van der Waals surface area (Å²) in [4.78, 5) is 13.3. The minimum Gasteiger partial charge on any atom is -0.496 e. The Kier molecular flexibility index (Phi) is 3.90. The molecule has 1 saturated heterocycles. The molecule has 2 bridgehead atoms. The number of benzene rings is 1. The minimum atomic E-state index is -0.153. The van der Waals surface area contributed by atoms with Crippen molar-refractivity contribution in [1.82, 2.24) is 9.88 Å². The molecule has 2 unspecified atom stereocenters. The lowest BCUT2D eigenvalue weighted by Crippen LogP contribution is -2.45. The second-order valence-electron chi connectivity index (χ2n) is 6.70. The summed E-state index contributed by atoms with van der Waals surface area (Å²) in [5.41, 5.74) is 3.02. The number of hydrogen-bond acceptors (Lipinski definition) is 4. The molecule has 5 nitrogen and oxygen atoms in total. The fourth-order valence-corrected chi connectivity index (χ4v) is 4.16. The zero-order valence-electron chi connectivity index (χ0n) is 13.8. The van der Waals surface area contributed by atoms with Crippen LogP contribution in [0.3, 0.4) is 0 Å². The molecule has 2 N–H and O–H groups in total. The first-order chi connectivity index (χ1) is 11.7. The van der Waals surface area contributed by atoms with E-state index in [-0.39, 0.29) is 12.2 Å². The highest BCUT2D eigenvalue weighted by atomic mass is 16.5. The summed E-state index contributed by atoms with van der Waals surface area (Å²) in [7, 11) is 1.60. The Morgan fingerprint density at radius 3 is 2.96 bits per heavy atom. The van der Waals surface area contributed by atoms with Crippen molar-refractivity contribution in [3.63, 3.8) is 0 Å². The molecule has 4 rings (SSSR count). The van der Waals surface area contributed by atoms with Gasteiger partial charge in [0.1, 0.15) is 5.75 Å². The fourth-order valence-electron chi connectivity index (χ4n) is 4.16. The van der Waals surface area contributed by atoms with E-state index in [1.165, 1.54) is 0 Å². The van der Waals surface area contributed by atoms with Gasteiger partial charge in [0, 0.05) is 30.3 Å². The van der Waals surface area contributed by atoms with Crippen molar-refractivity contribution in [2.24, 2.45) is 5.92 Å². The predicted octanol–water partition coefficient (Wildman–Crippen LogP) is 1.72. The van der Waals surface area contributed by atoms with Crippen LogP contribution in [-0.2, 0) is 13.2 Å². The topological polar surface area (TPSA) is 63.5 Å². The Bertz CT molecular complexity index is 828. The normalized spacial score (nSPS) is 22.1. The van der Waals surface area contributed by atoms with E-state index in [0.717, 1.165) is 37.3 Å². The molecule has 0 radical (unpaired) electrons. The second-order valence-corrected chi connectivity index (χ2v) is 6.70. The van der Waals surface area contributed by atoms with Crippen LogP contribution in [0.5, 0.6) is 5.75 Å². The van der Waals surface area contributed by atoms with Gasteiger partial charge >= 0.3 is 0 Å². The number of nitrogens with one attached hydrogen (secondary N) is 1. The molecule has 2 aromatic rings. The minimum absolute atomic E-state index is 0.0161. The van der Waals surface area contributed by atoms with E-state index in [2.05, 4.69) is 5.32 Å². The van der Waals surface area contributed by atoms with Crippen LogP contribution in [0.1, 0.15) is 23.6 Å². The average Bonchev–Trinajstić information content (AvgIpc) is 2.62. The largest absolute Gasteiger partial charge is 0.496 e. The van der Waals surface area contributed by atoms with Crippen molar-refractivity contribution < 1.29 is 9.84 Å². The Balaban J connectivity index is 1.96. The van der Waals surface area contributed by atoms with Crippen molar-refractivity contribution in [3.8, 4) is 16.9 Å². The van der Waals surface area contributed by atoms with Crippen molar-refractivity contribution in [2.75, 3.05) is 20.2 Å². The number of pyridine rings is 1. The maximum absolute atomic E-state index is 13.3. The average molecular weight is 326 g/mol. The van der Waals surface area contributed by atoms with Gasteiger partial charge in [-0.2, -0.15) is 0 Å². The van der Waals surface area contributed by atoms with Crippen LogP contribution >= 0.6 is 0 Å². The number of aliphatic hydroxyl groups excluding tert-OH is 1. The van der Waals surface area contributed by atoms with E-state index in [4.69, 9.17) is 4.74 Å². The van der Waals surface area contributed by atoms with Crippen molar-refractivity contribution in [3.05, 3.63) is 51.9 Å². The first-order valence-electron chi connectivity index (χ1n) is 8.44. The second kappa shape index (κ2) is 6.07. The molecule has 1 aromatic heterocycles. The molecule has 0 amide bonds. The van der Waals surface area contributed by atoms with E-state index in [1.54, 1.807) is 7.11 Å². The molecule has 2 aliphatic rings. The highest BCUT2D eigenvalue weighted by molar-refractivity contribution is 5.73. The zero-order valence-corrected chi connectivity index (χ0v) is 13.8. The van der Waals surface area contributed by atoms with Gasteiger partial charge < -0.3 is 19.7 Å². The third-order valence-electron chi connectivity index (χ3n) is 5.26. The van der Waals surface area contributed by atoms with Gasteiger partial charge in [0.2, 0.25) is 0 Å². The third-order valence-corrected chi connectivity index (χ3v) is 5.26. The summed E-state index contributed by atoms with van der Waals surface area (Å²) in [5, 5.41) is 13.3. The molecule has 1 aromatic carbocycles. The Morgan fingerprint density at radius 1 is 1.33 bits per heavy atom. The van der Waals surface area contributed by atoms with Crippen molar-refractivity contribution >= 4 is 0 Å². The van der Waals surface area contributed by atoms with Crippen LogP contribution in [0.15, 0.2) is 35.1 Å². The van der Waals surface area contributed by atoms with Gasteiger partial charge in [-0.15, -0.1) is 0 Å². The number of hydrogen-bond donors (Lipinski definition) is 2. The summed E-state index contributed by atoms with van der Waals surface area (Å²) >= 11 is 0. The molecular formula is C19H22N2O3. The molecule has 0 aliphatic carbocycles. The number of fused-ring (bicyclic) bond motifs is 4. The Hall–Kier alpha value is -2.11. The third kappa shape index (κ3) is 2.36. The lowest BCUT2D eigenvalue weighted by molar-refractivity contribution is 0.253. The maximum atomic E-state index is 13.3. The van der Waals surface area contributed by atoms with Gasteiger partial charge in [-0.05, 0) is 36.6 Å². The van der Waals surface area contributed by atoms with E-state index in [9.17, 15) is 9.90 Å². The smallest absolute Gasteiger partial charge is 0.259 e. The molecular weight excluding hydrogens is 304 g/mol. The summed E-state index contributed by atoms with van der Waals surface area (Å²) in [5.74, 6) is 1.50. The number of ether oxygens (including phenoxy) is 1. The monoisotopic (exact) mass is 326 g/mol. The molecule has 5 heteroatoms. The molecule has 2 aliphatic heterocycles. The van der Waals surface area contributed by atoms with Crippen molar-refractivity contribution in [1.29, 1.82) is 0 Å². The molecule has 0 spiro atoms. The van der Waals surface area contributed by atoms with Gasteiger partial charge in [0.05, 0.1) is 19.3 Å². The number of nitrogens with zero attached hydrogens (tertiary/aromatic N) is 1. The molecule has 24 heavy (non-hydrogen) atoms. The van der Waals surface area contributed by atoms with E-state index in [1.807, 2.05) is 34.9 Å². The van der Waals surface area contributed by atoms with Gasteiger partial charge in [0.15, 0.2) is 0 Å². The van der Waals surface area contributed by atoms with E-state index >= 15 is 0 Å². The highest BCUT2D eigenvalue weighted by Crippen LogP contribution is 2.36. The van der Waals surface area contributed by atoms with E-state index in [0.29, 0.717) is 28.7 Å². The van der Waals surface area contributed by atoms with Gasteiger partial charge in [0.25, 0.3) is 5.56 Å². The van der Waals surface area contributed by atoms with Crippen LogP contribution in [0.4, 0.5) is 0 Å². The Morgan fingerprint density at radius 2 is 2.17 bits per heavy atom. The summed E-state index contributed by atoms with van der Waals surface area (Å²) in [6, 6.07) is 9.51. The fraction of sp³-hybridized carbons (Fsp3) is 0.421. The Labute approximate surface area is 140 Å². The van der Waals surface area contributed by atoms with Crippen LogP contribution < -0.4 is 15.6 Å². The molecule has 1 fully saturated rings. The lowest BCUT2D eigenvalue weighted by atomic mass is 9.83. The summed E-state index contributed by atoms with van der Waals surface area (Å²) in [6.45, 7) is 2.45. The SMILES string of the molecule is COc1ccccc1-c1c(CO)cc2n(c1=O)CC1CNCC2C1. The predicted molar refractivity (Wildman–Crippen MR) is 92.3 cm³/mol. The highest BCUT2D eigenvalue weighted by Gasteiger charge is 2.32. The van der Waals surface area contributed by atoms with Gasteiger partial charge in [-0.1, -0.05) is 18.2 Å². The number of para-hydroxylation sites is 1. The van der Waals surface area contributed by atoms with Crippen LogP contribution in [-0.4, -0.2) is 29.9 Å². The number of aliphatic hydroxyl groups is 1. The summed E-state index contributed by atoms with van der Waals surface area (Å²) < 4.78 is 7.35. The van der Waals surface area contributed by atoms with Gasteiger partial charge in [-0.3, -0.25) is 4.79 Å². The zero-order chi connectivity index (χ0) is 16.7. The first kappa shape index (κ1) is 15.4. The van der Waals surface area contributed by atoms with Crippen LogP contribution in [0.2, 0.25) is 0 Å². The van der Waals surface area contributed by atoms with E-state index < -0.39 is 0 Å². The number of piperidine rings is 1. The summed E-state index contributed by atoms with van der Waals surface area (Å²) in [6.07, 6.45) is 1.12. The lowest BCUT2D eigenvalue weighted by Gasteiger charge is -2.38. The van der Waals surface area contributed by atoms with Crippen LogP contribution in [0, 0.1) is 5.92 Å². The number of methoxy groups -OCH3 is 1. The van der Waals surface area contributed by atoms with Crippen molar-refractivity contribution in [2.45, 2.75) is 25.5 Å². The maximum Gasteiger partial charge on any atom is 0.259 e. The first-order valence-corrected chi connectivity index (χ1v) is 8.44. The number of rotatable bonds is 3. The van der Waals surface area contributed by atoms with Gasteiger partial charge in [-0.25, -0.2) is 0 Å².